The minimum absolute atomic E-state index is 0.181. The highest BCUT2D eigenvalue weighted by Gasteiger charge is 2.31. The molecule has 1 aromatic carbocycles. The summed E-state index contributed by atoms with van der Waals surface area (Å²) in [5.74, 6) is 1.95. The maximum absolute atomic E-state index is 6.36. The SMILES string of the molecule is CC1CC(C(Br)c2cc3c(cc2Cl)OCCO3)CO1. The summed E-state index contributed by atoms with van der Waals surface area (Å²) in [6, 6.07) is 3.83. The molecule has 3 rings (SSSR count). The van der Waals surface area contributed by atoms with Gasteiger partial charge in [-0.15, -0.1) is 0 Å². The second kappa shape index (κ2) is 5.51. The van der Waals surface area contributed by atoms with Crippen molar-refractivity contribution in [1.29, 1.82) is 0 Å². The van der Waals surface area contributed by atoms with Gasteiger partial charge in [-0.05, 0) is 25.0 Å². The molecule has 2 aliphatic rings. The van der Waals surface area contributed by atoms with Crippen LogP contribution >= 0.6 is 27.5 Å². The van der Waals surface area contributed by atoms with Crippen molar-refractivity contribution in [2.24, 2.45) is 5.92 Å². The third kappa shape index (κ3) is 2.71. The molecule has 0 N–H and O–H groups in total. The van der Waals surface area contributed by atoms with Crippen LogP contribution in [0.4, 0.5) is 0 Å². The van der Waals surface area contributed by atoms with E-state index in [1.54, 1.807) is 0 Å². The van der Waals surface area contributed by atoms with Crippen LogP contribution < -0.4 is 9.47 Å². The summed E-state index contributed by atoms with van der Waals surface area (Å²) in [5.41, 5.74) is 1.05. The maximum Gasteiger partial charge on any atom is 0.162 e. The number of rotatable bonds is 2. The Balaban J connectivity index is 1.87. The zero-order valence-corrected chi connectivity index (χ0v) is 13.0. The first kappa shape index (κ1) is 13.5. The lowest BCUT2D eigenvalue weighted by atomic mass is 9.96. The largest absolute Gasteiger partial charge is 0.486 e. The molecule has 0 spiro atoms. The fourth-order valence-corrected chi connectivity index (χ4v) is 3.75. The van der Waals surface area contributed by atoms with Crippen LogP contribution in [-0.4, -0.2) is 25.9 Å². The van der Waals surface area contributed by atoms with Gasteiger partial charge in [-0.1, -0.05) is 27.5 Å². The van der Waals surface area contributed by atoms with E-state index in [1.165, 1.54) is 0 Å². The minimum Gasteiger partial charge on any atom is -0.486 e. The Labute approximate surface area is 126 Å². The molecule has 5 heteroatoms. The van der Waals surface area contributed by atoms with E-state index in [-0.39, 0.29) is 4.83 Å². The molecule has 1 saturated heterocycles. The number of alkyl halides is 1. The summed E-state index contributed by atoms with van der Waals surface area (Å²) in [7, 11) is 0. The van der Waals surface area contributed by atoms with Crippen molar-refractivity contribution in [2.75, 3.05) is 19.8 Å². The van der Waals surface area contributed by atoms with Crippen LogP contribution in [-0.2, 0) is 4.74 Å². The second-order valence-corrected chi connectivity index (χ2v) is 6.45. The third-order valence-electron chi connectivity index (χ3n) is 3.60. The summed E-state index contributed by atoms with van der Waals surface area (Å²) in [4.78, 5) is 0.181. The van der Waals surface area contributed by atoms with E-state index in [1.807, 2.05) is 12.1 Å². The number of hydrogen-bond donors (Lipinski definition) is 0. The van der Waals surface area contributed by atoms with Gasteiger partial charge in [0, 0.05) is 21.8 Å². The lowest BCUT2D eigenvalue weighted by molar-refractivity contribution is 0.120. The lowest BCUT2D eigenvalue weighted by Crippen LogP contribution is -2.16. The van der Waals surface area contributed by atoms with Crippen molar-refractivity contribution in [3.8, 4) is 11.5 Å². The van der Waals surface area contributed by atoms with Crippen LogP contribution in [0.5, 0.6) is 11.5 Å². The van der Waals surface area contributed by atoms with Crippen LogP contribution in [0.25, 0.3) is 0 Å². The maximum atomic E-state index is 6.36. The summed E-state index contributed by atoms with van der Waals surface area (Å²) in [6.45, 7) is 4.03. The topological polar surface area (TPSA) is 27.7 Å². The van der Waals surface area contributed by atoms with E-state index in [4.69, 9.17) is 25.8 Å². The van der Waals surface area contributed by atoms with Crippen molar-refractivity contribution < 1.29 is 14.2 Å². The van der Waals surface area contributed by atoms with Crippen molar-refractivity contribution in [2.45, 2.75) is 24.3 Å². The van der Waals surface area contributed by atoms with Crippen LogP contribution in [0.3, 0.4) is 0 Å². The minimum atomic E-state index is 0.181. The molecular formula is C14H16BrClO3. The Morgan fingerprint density at radius 1 is 1.26 bits per heavy atom. The van der Waals surface area contributed by atoms with E-state index in [9.17, 15) is 0 Å². The van der Waals surface area contributed by atoms with E-state index in [0.717, 1.165) is 30.1 Å². The van der Waals surface area contributed by atoms with Gasteiger partial charge in [0.05, 0.1) is 12.7 Å². The zero-order valence-electron chi connectivity index (χ0n) is 10.7. The van der Waals surface area contributed by atoms with Crippen molar-refractivity contribution in [1.82, 2.24) is 0 Å². The average Bonchev–Trinajstić information content (AvgIpc) is 2.84. The molecule has 1 fully saturated rings. The van der Waals surface area contributed by atoms with Crippen molar-refractivity contribution in [3.05, 3.63) is 22.7 Å². The van der Waals surface area contributed by atoms with Gasteiger partial charge in [0.1, 0.15) is 13.2 Å². The standard InChI is InChI=1S/C14H16BrClO3/c1-8-4-9(7-19-8)14(15)10-5-12-13(6-11(10)16)18-3-2-17-12/h5-6,8-9,14H,2-4,7H2,1H3. The molecule has 2 aliphatic heterocycles. The molecule has 0 radical (unpaired) electrons. The first-order valence-corrected chi connectivity index (χ1v) is 7.79. The molecule has 0 aromatic heterocycles. The molecule has 0 amide bonds. The summed E-state index contributed by atoms with van der Waals surface area (Å²) < 4.78 is 16.8. The van der Waals surface area contributed by atoms with Crippen LogP contribution in [0.2, 0.25) is 5.02 Å². The molecule has 3 unspecified atom stereocenters. The highest BCUT2D eigenvalue weighted by atomic mass is 79.9. The van der Waals surface area contributed by atoms with Gasteiger partial charge in [0.2, 0.25) is 0 Å². The van der Waals surface area contributed by atoms with Crippen LogP contribution in [0, 0.1) is 5.92 Å². The quantitative estimate of drug-likeness (QED) is 0.758. The molecule has 2 heterocycles. The van der Waals surface area contributed by atoms with Crippen molar-refractivity contribution in [3.63, 3.8) is 0 Å². The Hall–Kier alpha value is -0.450. The smallest absolute Gasteiger partial charge is 0.162 e. The molecule has 104 valence electrons. The van der Waals surface area contributed by atoms with Gasteiger partial charge >= 0.3 is 0 Å². The molecule has 0 saturated carbocycles. The number of fused-ring (bicyclic) bond motifs is 1. The number of benzene rings is 1. The summed E-state index contributed by atoms with van der Waals surface area (Å²) >= 11 is 10.1. The Morgan fingerprint density at radius 2 is 1.95 bits per heavy atom. The van der Waals surface area contributed by atoms with Gasteiger partial charge in [-0.2, -0.15) is 0 Å². The predicted molar refractivity (Wildman–Crippen MR) is 77.6 cm³/mol. The molecule has 0 bridgehead atoms. The Bertz CT molecular complexity index is 480. The average molecular weight is 348 g/mol. The molecule has 3 atom stereocenters. The third-order valence-corrected chi connectivity index (χ3v) is 5.17. The fraction of sp³-hybridized carbons (Fsp3) is 0.571. The van der Waals surface area contributed by atoms with Crippen LogP contribution in [0.1, 0.15) is 23.7 Å². The van der Waals surface area contributed by atoms with E-state index < -0.39 is 0 Å². The normalized spacial score (nSPS) is 27.3. The monoisotopic (exact) mass is 346 g/mol. The number of halogens is 2. The summed E-state index contributed by atoms with van der Waals surface area (Å²) in [5, 5.41) is 0.714. The van der Waals surface area contributed by atoms with Gasteiger partial charge in [-0.25, -0.2) is 0 Å². The van der Waals surface area contributed by atoms with Gasteiger partial charge in [-0.3, -0.25) is 0 Å². The fourth-order valence-electron chi connectivity index (χ4n) is 2.60. The van der Waals surface area contributed by atoms with E-state index in [2.05, 4.69) is 22.9 Å². The van der Waals surface area contributed by atoms with Gasteiger partial charge < -0.3 is 14.2 Å². The zero-order chi connectivity index (χ0) is 13.4. The lowest BCUT2D eigenvalue weighted by Gasteiger charge is -2.23. The number of ether oxygens (including phenoxy) is 3. The number of hydrogen-bond acceptors (Lipinski definition) is 3. The van der Waals surface area contributed by atoms with Crippen LogP contribution in [0.15, 0.2) is 12.1 Å². The molecular weight excluding hydrogens is 332 g/mol. The predicted octanol–water partition coefficient (Wildman–Crippen LogP) is 3.97. The molecule has 19 heavy (non-hydrogen) atoms. The summed E-state index contributed by atoms with van der Waals surface area (Å²) in [6.07, 6.45) is 1.36. The Kier molecular flexibility index (Phi) is 3.92. The molecule has 0 aliphatic carbocycles. The first-order chi connectivity index (χ1) is 9.15. The highest BCUT2D eigenvalue weighted by Crippen LogP contribution is 2.45. The van der Waals surface area contributed by atoms with E-state index in [0.29, 0.717) is 30.3 Å². The van der Waals surface area contributed by atoms with Crippen molar-refractivity contribution >= 4 is 27.5 Å². The Morgan fingerprint density at radius 3 is 2.58 bits per heavy atom. The van der Waals surface area contributed by atoms with Gasteiger partial charge in [0.15, 0.2) is 11.5 Å². The molecule has 3 nitrogen and oxygen atoms in total. The van der Waals surface area contributed by atoms with Gasteiger partial charge in [0.25, 0.3) is 0 Å². The van der Waals surface area contributed by atoms with E-state index >= 15 is 0 Å². The molecule has 1 aromatic rings. The second-order valence-electron chi connectivity index (χ2n) is 5.06. The highest BCUT2D eigenvalue weighted by molar-refractivity contribution is 9.09. The first-order valence-electron chi connectivity index (χ1n) is 6.50.